The lowest BCUT2D eigenvalue weighted by Gasteiger charge is -2.10. The number of imidazole rings is 1. The monoisotopic (exact) mass is 260 g/mol. The number of halogens is 4. The number of nitrogens with one attached hydrogen (secondary N) is 1. The molecule has 0 spiro atoms. The van der Waals surface area contributed by atoms with E-state index < -0.39 is 11.7 Å². The molecule has 0 aliphatic heterocycles. The number of aromatic nitrogens is 2. The second kappa shape index (κ2) is 4.41. The van der Waals surface area contributed by atoms with E-state index in [2.05, 4.69) is 9.97 Å². The van der Waals surface area contributed by atoms with E-state index in [0.29, 0.717) is 11.5 Å². The summed E-state index contributed by atoms with van der Waals surface area (Å²) in [5.74, 6) is 0.576. The van der Waals surface area contributed by atoms with Crippen LogP contribution in [0.25, 0.3) is 11.3 Å². The third-order valence-electron chi connectivity index (χ3n) is 2.28. The summed E-state index contributed by atoms with van der Waals surface area (Å²) >= 11 is 5.54. The Morgan fingerprint density at radius 3 is 2.53 bits per heavy atom. The van der Waals surface area contributed by atoms with Gasteiger partial charge in [-0.25, -0.2) is 4.98 Å². The molecule has 0 amide bonds. The predicted octanol–water partition coefficient (Wildman–Crippen LogP) is 3.83. The lowest BCUT2D eigenvalue weighted by Crippen LogP contribution is -2.06. The second-order valence-electron chi connectivity index (χ2n) is 3.42. The Hall–Kier alpha value is -1.49. The molecule has 2 aromatic rings. The molecule has 1 aromatic carbocycles. The van der Waals surface area contributed by atoms with Gasteiger partial charge >= 0.3 is 6.18 Å². The van der Waals surface area contributed by atoms with Crippen LogP contribution in [0.3, 0.4) is 0 Å². The van der Waals surface area contributed by atoms with E-state index in [9.17, 15) is 13.2 Å². The molecule has 0 aliphatic rings. The van der Waals surface area contributed by atoms with E-state index in [1.165, 1.54) is 18.3 Å². The molecule has 0 saturated carbocycles. The van der Waals surface area contributed by atoms with Crippen molar-refractivity contribution < 1.29 is 13.2 Å². The highest BCUT2D eigenvalue weighted by atomic mass is 35.5. The van der Waals surface area contributed by atoms with E-state index in [-0.39, 0.29) is 11.4 Å². The van der Waals surface area contributed by atoms with Crippen molar-refractivity contribution in [1.29, 1.82) is 0 Å². The molecule has 0 saturated heterocycles. The molecule has 0 bridgehead atoms. The zero-order valence-electron chi connectivity index (χ0n) is 8.55. The van der Waals surface area contributed by atoms with Crippen LogP contribution in [0.5, 0.6) is 0 Å². The van der Waals surface area contributed by atoms with Crippen LogP contribution in [-0.2, 0) is 12.1 Å². The van der Waals surface area contributed by atoms with Crippen LogP contribution in [0.4, 0.5) is 13.2 Å². The van der Waals surface area contributed by atoms with Gasteiger partial charge in [0.2, 0.25) is 0 Å². The molecular formula is C11H8ClF3N2. The Bertz CT molecular complexity index is 519. The molecule has 0 fully saturated rings. The van der Waals surface area contributed by atoms with Gasteiger partial charge in [-0.2, -0.15) is 13.2 Å². The molecule has 90 valence electrons. The van der Waals surface area contributed by atoms with Gasteiger partial charge in [0.25, 0.3) is 0 Å². The molecule has 2 rings (SSSR count). The maximum Gasteiger partial charge on any atom is 0.417 e. The molecule has 0 aliphatic carbocycles. The maximum absolute atomic E-state index is 12.8. The summed E-state index contributed by atoms with van der Waals surface area (Å²) in [4.78, 5) is 6.63. The van der Waals surface area contributed by atoms with Crippen LogP contribution in [0.15, 0.2) is 30.5 Å². The summed E-state index contributed by atoms with van der Waals surface area (Å²) < 4.78 is 38.3. The van der Waals surface area contributed by atoms with E-state index in [0.717, 1.165) is 6.07 Å². The smallest absolute Gasteiger partial charge is 0.341 e. The molecule has 6 heteroatoms. The van der Waals surface area contributed by atoms with E-state index in [4.69, 9.17) is 11.6 Å². The standard InChI is InChI=1S/C11H8ClF3N2/c12-5-10-16-6-9(17-10)7-3-1-2-4-8(7)11(13,14)15/h1-4,6H,5H2,(H,16,17). The van der Waals surface area contributed by atoms with Crippen molar-refractivity contribution in [1.82, 2.24) is 9.97 Å². The summed E-state index contributed by atoms with van der Waals surface area (Å²) in [6.45, 7) is 0. The van der Waals surface area contributed by atoms with E-state index in [1.807, 2.05) is 0 Å². The maximum atomic E-state index is 12.8. The SMILES string of the molecule is FC(F)(F)c1ccccc1-c1cnc(CCl)[nH]1. The summed E-state index contributed by atoms with van der Waals surface area (Å²) in [7, 11) is 0. The fraction of sp³-hybridized carbons (Fsp3) is 0.182. The first-order valence-electron chi connectivity index (χ1n) is 4.79. The van der Waals surface area contributed by atoms with Crippen molar-refractivity contribution in [3.8, 4) is 11.3 Å². The number of H-pyrrole nitrogens is 1. The van der Waals surface area contributed by atoms with Gasteiger partial charge in [0.05, 0.1) is 23.3 Å². The van der Waals surface area contributed by atoms with Gasteiger partial charge in [-0.1, -0.05) is 18.2 Å². The lowest BCUT2D eigenvalue weighted by atomic mass is 10.1. The predicted molar refractivity (Wildman–Crippen MR) is 58.6 cm³/mol. The van der Waals surface area contributed by atoms with Gasteiger partial charge in [0.15, 0.2) is 0 Å². The van der Waals surface area contributed by atoms with Crippen molar-refractivity contribution in [2.24, 2.45) is 0 Å². The van der Waals surface area contributed by atoms with Gasteiger partial charge in [-0.05, 0) is 6.07 Å². The van der Waals surface area contributed by atoms with Crippen LogP contribution in [0.2, 0.25) is 0 Å². The second-order valence-corrected chi connectivity index (χ2v) is 3.69. The Balaban J connectivity index is 2.52. The van der Waals surface area contributed by atoms with Crippen LogP contribution >= 0.6 is 11.6 Å². The molecule has 0 radical (unpaired) electrons. The summed E-state index contributed by atoms with van der Waals surface area (Å²) in [5.41, 5.74) is -0.304. The minimum atomic E-state index is -4.39. The van der Waals surface area contributed by atoms with Gasteiger partial charge in [0, 0.05) is 5.56 Å². The lowest BCUT2D eigenvalue weighted by molar-refractivity contribution is -0.137. The molecule has 17 heavy (non-hydrogen) atoms. The van der Waals surface area contributed by atoms with Gasteiger partial charge in [-0.15, -0.1) is 11.6 Å². The van der Waals surface area contributed by atoms with Crippen molar-refractivity contribution >= 4 is 11.6 Å². The third-order valence-corrected chi connectivity index (χ3v) is 2.53. The average Bonchev–Trinajstić information content (AvgIpc) is 2.76. The van der Waals surface area contributed by atoms with E-state index in [1.54, 1.807) is 6.07 Å². The fourth-order valence-corrected chi connectivity index (χ4v) is 1.67. The van der Waals surface area contributed by atoms with Gasteiger partial charge < -0.3 is 4.98 Å². The number of rotatable bonds is 2. The summed E-state index contributed by atoms with van der Waals surface area (Å²) in [6, 6.07) is 5.34. The number of benzene rings is 1. The first-order chi connectivity index (χ1) is 8.02. The summed E-state index contributed by atoms with van der Waals surface area (Å²) in [6.07, 6.45) is -3.04. The van der Waals surface area contributed by atoms with Crippen LogP contribution in [0, 0.1) is 0 Å². The van der Waals surface area contributed by atoms with Gasteiger partial charge in [-0.3, -0.25) is 0 Å². The largest absolute Gasteiger partial charge is 0.417 e. The van der Waals surface area contributed by atoms with Crippen molar-refractivity contribution in [3.63, 3.8) is 0 Å². The molecule has 0 atom stereocenters. The Labute approximate surface area is 100 Å². The number of hydrogen-bond acceptors (Lipinski definition) is 1. The Kier molecular flexibility index (Phi) is 3.11. The Morgan fingerprint density at radius 1 is 1.24 bits per heavy atom. The first kappa shape index (κ1) is 12.0. The zero-order chi connectivity index (χ0) is 12.5. The molecule has 1 N–H and O–H groups in total. The van der Waals surface area contributed by atoms with Crippen molar-refractivity contribution in [2.75, 3.05) is 0 Å². The number of nitrogens with zero attached hydrogens (tertiary/aromatic N) is 1. The normalized spacial score (nSPS) is 11.8. The topological polar surface area (TPSA) is 28.7 Å². The molecule has 1 heterocycles. The first-order valence-corrected chi connectivity index (χ1v) is 5.32. The number of alkyl halides is 4. The van der Waals surface area contributed by atoms with E-state index >= 15 is 0 Å². The number of aromatic amines is 1. The highest BCUT2D eigenvalue weighted by Crippen LogP contribution is 2.36. The molecule has 2 nitrogen and oxygen atoms in total. The molecule has 1 aromatic heterocycles. The fourth-order valence-electron chi connectivity index (χ4n) is 1.53. The quantitative estimate of drug-likeness (QED) is 0.817. The van der Waals surface area contributed by atoms with Gasteiger partial charge in [0.1, 0.15) is 5.82 Å². The third kappa shape index (κ3) is 2.44. The highest BCUT2D eigenvalue weighted by Gasteiger charge is 2.33. The van der Waals surface area contributed by atoms with Crippen molar-refractivity contribution in [2.45, 2.75) is 12.1 Å². The minimum Gasteiger partial charge on any atom is -0.341 e. The molecular weight excluding hydrogens is 253 g/mol. The highest BCUT2D eigenvalue weighted by molar-refractivity contribution is 6.16. The zero-order valence-corrected chi connectivity index (χ0v) is 9.31. The number of hydrogen-bond donors (Lipinski definition) is 1. The average molecular weight is 261 g/mol. The summed E-state index contributed by atoms with van der Waals surface area (Å²) in [5, 5.41) is 0. The Morgan fingerprint density at radius 2 is 1.94 bits per heavy atom. The van der Waals surface area contributed by atoms with Crippen LogP contribution < -0.4 is 0 Å². The molecule has 0 unspecified atom stereocenters. The van der Waals surface area contributed by atoms with Crippen molar-refractivity contribution in [3.05, 3.63) is 41.9 Å². The minimum absolute atomic E-state index is 0.0730. The van der Waals surface area contributed by atoms with Crippen LogP contribution in [-0.4, -0.2) is 9.97 Å². The van der Waals surface area contributed by atoms with Crippen LogP contribution in [0.1, 0.15) is 11.4 Å².